The van der Waals surface area contributed by atoms with Gasteiger partial charge >= 0.3 is 0 Å². The van der Waals surface area contributed by atoms with E-state index in [4.69, 9.17) is 10.5 Å². The van der Waals surface area contributed by atoms with E-state index in [-0.39, 0.29) is 5.78 Å². The van der Waals surface area contributed by atoms with Gasteiger partial charge in [0.15, 0.2) is 5.78 Å². The number of nitrogens with two attached hydrogens (primary N) is 1. The van der Waals surface area contributed by atoms with E-state index in [1.165, 1.54) is 12.5 Å². The molecule has 3 heteroatoms. The second-order valence-corrected chi connectivity index (χ2v) is 5.13. The van der Waals surface area contributed by atoms with Crippen molar-refractivity contribution in [1.29, 1.82) is 0 Å². The van der Waals surface area contributed by atoms with Crippen molar-refractivity contribution >= 4 is 11.5 Å². The lowest BCUT2D eigenvalue weighted by atomic mass is 10.0. The quantitative estimate of drug-likeness (QED) is 0.661. The third-order valence-corrected chi connectivity index (χ3v) is 3.16. The highest BCUT2D eigenvalue weighted by atomic mass is 16.5. The molecule has 0 spiro atoms. The van der Waals surface area contributed by atoms with Gasteiger partial charge in [0.25, 0.3) is 0 Å². The first kappa shape index (κ1) is 14.1. The topological polar surface area (TPSA) is 52.3 Å². The van der Waals surface area contributed by atoms with Crippen LogP contribution in [0.3, 0.4) is 0 Å². The number of benzene rings is 2. The maximum Gasteiger partial charge on any atom is 0.162 e. The summed E-state index contributed by atoms with van der Waals surface area (Å²) in [5.74, 6) is 1.75. The number of carbonyl (C=O) groups is 1. The van der Waals surface area contributed by atoms with E-state index in [0.717, 1.165) is 5.75 Å². The summed E-state index contributed by atoms with van der Waals surface area (Å²) in [5, 5.41) is 0. The number of Topliss-reactive ketones (excluding diaryl/α,β-unsaturated/α-hetero) is 1. The third kappa shape index (κ3) is 3.18. The van der Waals surface area contributed by atoms with Gasteiger partial charge in [0.2, 0.25) is 0 Å². The lowest BCUT2D eigenvalue weighted by molar-refractivity contribution is 0.101. The highest BCUT2D eigenvalue weighted by Gasteiger charge is 2.08. The first-order chi connectivity index (χ1) is 9.47. The molecule has 0 bridgehead atoms. The molecule has 3 nitrogen and oxygen atoms in total. The number of carbonyl (C=O) groups excluding carboxylic acids is 1. The molecule has 0 unspecified atom stereocenters. The molecule has 0 aliphatic rings. The van der Waals surface area contributed by atoms with Crippen LogP contribution in [0.2, 0.25) is 0 Å². The fraction of sp³-hybridized carbons (Fsp3) is 0.235. The van der Waals surface area contributed by atoms with Gasteiger partial charge in [0, 0.05) is 11.3 Å². The fourth-order valence-electron chi connectivity index (χ4n) is 1.98. The average Bonchev–Trinajstić information content (AvgIpc) is 2.41. The average molecular weight is 269 g/mol. The molecule has 0 fully saturated rings. The minimum absolute atomic E-state index is 0.0659. The van der Waals surface area contributed by atoms with Gasteiger partial charge in [-0.25, -0.2) is 0 Å². The zero-order valence-electron chi connectivity index (χ0n) is 12.0. The summed E-state index contributed by atoms with van der Waals surface area (Å²) in [7, 11) is 0. The summed E-state index contributed by atoms with van der Waals surface area (Å²) >= 11 is 0. The lowest BCUT2D eigenvalue weighted by Gasteiger charge is -2.11. The predicted molar refractivity (Wildman–Crippen MR) is 81.5 cm³/mol. The molecule has 0 saturated heterocycles. The molecular weight excluding hydrogens is 250 g/mol. The monoisotopic (exact) mass is 269 g/mol. The molecule has 0 aliphatic carbocycles. The molecule has 0 saturated carbocycles. The van der Waals surface area contributed by atoms with Crippen molar-refractivity contribution in [3.05, 3.63) is 53.6 Å². The molecule has 2 aromatic rings. The van der Waals surface area contributed by atoms with Crippen molar-refractivity contribution in [2.75, 3.05) is 5.73 Å². The van der Waals surface area contributed by atoms with Crippen molar-refractivity contribution in [2.45, 2.75) is 26.7 Å². The molecule has 0 atom stereocenters. The Morgan fingerprint density at radius 1 is 1.10 bits per heavy atom. The van der Waals surface area contributed by atoms with Crippen molar-refractivity contribution in [2.24, 2.45) is 0 Å². The largest absolute Gasteiger partial charge is 0.457 e. The Balaban J connectivity index is 2.28. The van der Waals surface area contributed by atoms with Crippen LogP contribution in [0.15, 0.2) is 42.5 Å². The van der Waals surface area contributed by atoms with Gasteiger partial charge in [-0.3, -0.25) is 4.79 Å². The van der Waals surface area contributed by atoms with Crippen LogP contribution in [0.5, 0.6) is 11.5 Å². The molecule has 0 aliphatic heterocycles. The van der Waals surface area contributed by atoms with Crippen LogP contribution in [-0.4, -0.2) is 5.78 Å². The number of ketones is 1. The van der Waals surface area contributed by atoms with Crippen molar-refractivity contribution in [3.63, 3.8) is 0 Å². The Hall–Kier alpha value is -2.29. The van der Waals surface area contributed by atoms with E-state index in [0.29, 0.717) is 22.9 Å². The molecule has 0 aromatic heterocycles. The summed E-state index contributed by atoms with van der Waals surface area (Å²) in [6, 6.07) is 13.1. The molecule has 20 heavy (non-hydrogen) atoms. The Morgan fingerprint density at radius 2 is 1.80 bits per heavy atom. The van der Waals surface area contributed by atoms with E-state index in [2.05, 4.69) is 19.9 Å². The first-order valence-corrected chi connectivity index (χ1v) is 6.65. The zero-order chi connectivity index (χ0) is 14.7. The summed E-state index contributed by atoms with van der Waals surface area (Å²) < 4.78 is 5.81. The van der Waals surface area contributed by atoms with E-state index < -0.39 is 0 Å². The Labute approximate surface area is 119 Å². The molecule has 0 radical (unpaired) electrons. The van der Waals surface area contributed by atoms with Gasteiger partial charge in [0.1, 0.15) is 11.5 Å². The highest BCUT2D eigenvalue weighted by molar-refractivity contribution is 5.99. The van der Waals surface area contributed by atoms with Gasteiger partial charge in [-0.1, -0.05) is 26.0 Å². The van der Waals surface area contributed by atoms with Gasteiger partial charge in [-0.15, -0.1) is 0 Å². The van der Waals surface area contributed by atoms with Gasteiger partial charge < -0.3 is 10.5 Å². The number of nitrogen functional groups attached to an aromatic ring is 1. The van der Waals surface area contributed by atoms with Gasteiger partial charge in [0.05, 0.1) is 0 Å². The normalized spacial score (nSPS) is 10.6. The van der Waals surface area contributed by atoms with Gasteiger partial charge in [-0.05, 0) is 48.7 Å². The standard InChI is InChI=1S/C17H19NO2/c1-11(2)13-5-4-6-14(9-13)20-15-7-8-17(18)16(10-15)12(3)19/h4-11H,18H2,1-3H3. The van der Waals surface area contributed by atoms with Crippen LogP contribution in [0.1, 0.15) is 42.6 Å². The second kappa shape index (κ2) is 5.78. The highest BCUT2D eigenvalue weighted by Crippen LogP contribution is 2.27. The molecule has 0 amide bonds. The SMILES string of the molecule is CC(=O)c1cc(Oc2cccc(C(C)C)c2)ccc1N. The molecule has 2 N–H and O–H groups in total. The summed E-state index contributed by atoms with van der Waals surface area (Å²) in [4.78, 5) is 11.5. The maximum absolute atomic E-state index is 11.5. The van der Waals surface area contributed by atoms with Crippen LogP contribution in [-0.2, 0) is 0 Å². The molecule has 2 rings (SSSR count). The van der Waals surface area contributed by atoms with Crippen LogP contribution in [0, 0.1) is 0 Å². The minimum atomic E-state index is -0.0659. The summed E-state index contributed by atoms with van der Waals surface area (Å²) in [6.45, 7) is 5.77. The Bertz CT molecular complexity index is 633. The maximum atomic E-state index is 11.5. The number of ether oxygens (including phenoxy) is 1. The predicted octanol–water partition coefficient (Wildman–Crippen LogP) is 4.39. The molecule has 2 aromatic carbocycles. The molecule has 104 valence electrons. The molecule has 0 heterocycles. The van der Waals surface area contributed by atoms with Crippen LogP contribution >= 0.6 is 0 Å². The van der Waals surface area contributed by atoms with E-state index in [1.807, 2.05) is 18.2 Å². The third-order valence-electron chi connectivity index (χ3n) is 3.16. The number of rotatable bonds is 4. The number of hydrogen-bond donors (Lipinski definition) is 1. The smallest absolute Gasteiger partial charge is 0.162 e. The van der Waals surface area contributed by atoms with Crippen molar-refractivity contribution < 1.29 is 9.53 Å². The first-order valence-electron chi connectivity index (χ1n) is 6.65. The molecular formula is C17H19NO2. The summed E-state index contributed by atoms with van der Waals surface area (Å²) in [5.41, 5.74) is 7.95. The van der Waals surface area contributed by atoms with Crippen LogP contribution in [0.25, 0.3) is 0 Å². The summed E-state index contributed by atoms with van der Waals surface area (Å²) in [6.07, 6.45) is 0. The fourth-order valence-corrected chi connectivity index (χ4v) is 1.98. The minimum Gasteiger partial charge on any atom is -0.457 e. The van der Waals surface area contributed by atoms with E-state index >= 15 is 0 Å². The van der Waals surface area contributed by atoms with Crippen LogP contribution < -0.4 is 10.5 Å². The van der Waals surface area contributed by atoms with Gasteiger partial charge in [-0.2, -0.15) is 0 Å². The second-order valence-electron chi connectivity index (χ2n) is 5.13. The van der Waals surface area contributed by atoms with Crippen molar-refractivity contribution in [1.82, 2.24) is 0 Å². The Kier molecular flexibility index (Phi) is 4.08. The number of anilines is 1. The van der Waals surface area contributed by atoms with E-state index in [1.54, 1.807) is 18.2 Å². The van der Waals surface area contributed by atoms with Crippen molar-refractivity contribution in [3.8, 4) is 11.5 Å². The number of hydrogen-bond acceptors (Lipinski definition) is 3. The zero-order valence-corrected chi connectivity index (χ0v) is 12.0. The Morgan fingerprint density at radius 3 is 2.45 bits per heavy atom. The van der Waals surface area contributed by atoms with E-state index in [9.17, 15) is 4.79 Å². The van der Waals surface area contributed by atoms with Crippen LogP contribution in [0.4, 0.5) is 5.69 Å². The lowest BCUT2D eigenvalue weighted by Crippen LogP contribution is -2.00.